The summed E-state index contributed by atoms with van der Waals surface area (Å²) in [5.74, 6) is -1.25. The molecule has 0 bridgehead atoms. The Morgan fingerprint density at radius 2 is 1.67 bits per heavy atom. The first-order valence-corrected chi connectivity index (χ1v) is 12.8. The Labute approximate surface area is 209 Å². The van der Waals surface area contributed by atoms with Crippen molar-refractivity contribution in [3.63, 3.8) is 0 Å². The standard InChI is InChI=1S/C30H27N3O3/c1-2-18-12-8-14-21-25(18)32-28(36)30(21)29(20-13-6-7-15-22(20)31-27(29)35)24(23-16-9-17-33(23)30)26(34)19-10-4-3-5-11-19/h3-8,10-15,23-24H,2,9,16-17H2,1H3,(H,31,35)(H,32,36)/t23-,24+,29-,30-/m1/s1. The van der Waals surface area contributed by atoms with Crippen LogP contribution in [0.3, 0.4) is 0 Å². The normalized spacial score (nSPS) is 29.8. The molecule has 4 aliphatic rings. The lowest BCUT2D eigenvalue weighted by molar-refractivity contribution is -0.137. The maximum absolute atomic E-state index is 14.4. The topological polar surface area (TPSA) is 78.5 Å². The number of nitrogens with one attached hydrogen (secondary N) is 2. The first kappa shape index (κ1) is 21.5. The highest BCUT2D eigenvalue weighted by atomic mass is 16.2. The van der Waals surface area contributed by atoms with Crippen LogP contribution in [0.4, 0.5) is 11.4 Å². The van der Waals surface area contributed by atoms with Gasteiger partial charge in [-0.05, 0) is 43.0 Å². The summed E-state index contributed by atoms with van der Waals surface area (Å²) >= 11 is 0. The van der Waals surface area contributed by atoms with E-state index in [1.54, 1.807) is 0 Å². The Hall–Kier alpha value is -3.77. The molecule has 180 valence electrons. The van der Waals surface area contributed by atoms with Gasteiger partial charge in [-0.2, -0.15) is 0 Å². The summed E-state index contributed by atoms with van der Waals surface area (Å²) in [7, 11) is 0. The molecule has 2 spiro atoms. The Kier molecular flexibility index (Phi) is 4.40. The maximum atomic E-state index is 14.4. The van der Waals surface area contributed by atoms with Gasteiger partial charge in [0.2, 0.25) is 5.91 Å². The van der Waals surface area contributed by atoms with Crippen molar-refractivity contribution in [2.24, 2.45) is 5.92 Å². The Morgan fingerprint density at radius 1 is 0.917 bits per heavy atom. The summed E-state index contributed by atoms with van der Waals surface area (Å²) < 4.78 is 0. The zero-order valence-electron chi connectivity index (χ0n) is 20.1. The van der Waals surface area contributed by atoms with Crippen molar-refractivity contribution in [2.75, 3.05) is 17.2 Å². The third-order valence-electron chi connectivity index (χ3n) is 8.94. The van der Waals surface area contributed by atoms with Crippen LogP contribution < -0.4 is 10.6 Å². The highest BCUT2D eigenvalue weighted by Gasteiger charge is 2.81. The number of aryl methyl sites for hydroxylation is 1. The molecule has 0 aliphatic carbocycles. The van der Waals surface area contributed by atoms with Gasteiger partial charge in [-0.15, -0.1) is 0 Å². The van der Waals surface area contributed by atoms with Gasteiger partial charge in [0.15, 0.2) is 5.78 Å². The number of rotatable bonds is 3. The van der Waals surface area contributed by atoms with Gasteiger partial charge in [0.25, 0.3) is 5.91 Å². The molecule has 2 amide bonds. The first-order chi connectivity index (χ1) is 17.6. The Bertz CT molecular complexity index is 1450. The van der Waals surface area contributed by atoms with Crippen LogP contribution in [0, 0.1) is 5.92 Å². The molecule has 7 rings (SSSR count). The average molecular weight is 478 g/mol. The SMILES string of the molecule is CCc1cccc2c1NC(=O)[C@]21N2CCC[C@@H]2[C@@H](C(=O)c2ccccc2)[C@]12C(=O)Nc1ccccc12. The van der Waals surface area contributed by atoms with E-state index >= 15 is 0 Å². The zero-order valence-corrected chi connectivity index (χ0v) is 20.1. The lowest BCUT2D eigenvalue weighted by Crippen LogP contribution is -2.62. The number of anilines is 2. The van der Waals surface area contributed by atoms with Crippen molar-refractivity contribution in [2.45, 2.75) is 43.2 Å². The van der Waals surface area contributed by atoms with Gasteiger partial charge >= 0.3 is 0 Å². The summed E-state index contributed by atoms with van der Waals surface area (Å²) in [6.07, 6.45) is 2.39. The summed E-state index contributed by atoms with van der Waals surface area (Å²) in [4.78, 5) is 45.5. The molecule has 4 atom stereocenters. The number of carbonyl (C=O) groups excluding carboxylic acids is 3. The van der Waals surface area contributed by atoms with Crippen molar-refractivity contribution in [1.82, 2.24) is 4.90 Å². The Morgan fingerprint density at radius 3 is 2.47 bits per heavy atom. The minimum atomic E-state index is -1.39. The van der Waals surface area contributed by atoms with Gasteiger partial charge in [0, 0.05) is 28.5 Å². The van der Waals surface area contributed by atoms with E-state index in [2.05, 4.69) is 22.5 Å². The number of amides is 2. The summed E-state index contributed by atoms with van der Waals surface area (Å²) in [6, 6.07) is 22.6. The molecule has 3 aromatic carbocycles. The number of hydrogen-bond acceptors (Lipinski definition) is 4. The number of Topliss-reactive ketones (excluding diaryl/α,β-unsaturated/α-hetero) is 1. The third-order valence-corrected chi connectivity index (χ3v) is 8.94. The van der Waals surface area contributed by atoms with Crippen molar-refractivity contribution < 1.29 is 14.4 Å². The third kappa shape index (κ3) is 2.29. The highest BCUT2D eigenvalue weighted by Crippen LogP contribution is 2.68. The van der Waals surface area contributed by atoms with Crippen LogP contribution in [0.2, 0.25) is 0 Å². The van der Waals surface area contributed by atoms with Crippen molar-refractivity contribution in [3.8, 4) is 0 Å². The van der Waals surface area contributed by atoms with E-state index in [-0.39, 0.29) is 23.6 Å². The number of para-hydroxylation sites is 2. The van der Waals surface area contributed by atoms with Crippen LogP contribution in [-0.2, 0) is 27.0 Å². The van der Waals surface area contributed by atoms with Crippen molar-refractivity contribution in [1.29, 1.82) is 0 Å². The second-order valence-corrected chi connectivity index (χ2v) is 10.3. The van der Waals surface area contributed by atoms with Gasteiger partial charge in [-0.3, -0.25) is 19.3 Å². The summed E-state index contributed by atoms with van der Waals surface area (Å²) in [5, 5.41) is 6.28. The van der Waals surface area contributed by atoms with Gasteiger partial charge in [-0.1, -0.05) is 73.7 Å². The molecule has 2 saturated heterocycles. The van der Waals surface area contributed by atoms with E-state index in [9.17, 15) is 14.4 Å². The molecule has 4 heterocycles. The lowest BCUT2D eigenvalue weighted by atomic mass is 9.57. The van der Waals surface area contributed by atoms with Crippen LogP contribution in [0.5, 0.6) is 0 Å². The van der Waals surface area contributed by atoms with Crippen LogP contribution in [0.1, 0.15) is 46.8 Å². The predicted molar refractivity (Wildman–Crippen MR) is 137 cm³/mol. The van der Waals surface area contributed by atoms with Crippen LogP contribution in [0.15, 0.2) is 72.8 Å². The zero-order chi connectivity index (χ0) is 24.7. The molecule has 0 saturated carbocycles. The lowest BCUT2D eigenvalue weighted by Gasteiger charge is -2.43. The molecule has 36 heavy (non-hydrogen) atoms. The number of carbonyl (C=O) groups is 3. The highest BCUT2D eigenvalue weighted by molar-refractivity contribution is 6.21. The molecule has 2 N–H and O–H groups in total. The van der Waals surface area contributed by atoms with Gasteiger partial charge in [0.1, 0.15) is 11.0 Å². The largest absolute Gasteiger partial charge is 0.325 e. The monoisotopic (exact) mass is 477 g/mol. The number of nitrogens with zero attached hydrogens (tertiary/aromatic N) is 1. The van der Waals surface area contributed by atoms with E-state index in [4.69, 9.17) is 0 Å². The summed E-state index contributed by atoms with van der Waals surface area (Å²) in [5.41, 5.74) is 1.94. The molecule has 0 aromatic heterocycles. The fourth-order valence-electron chi connectivity index (χ4n) is 7.74. The molecule has 4 aliphatic heterocycles. The number of fused-ring (bicyclic) bond motifs is 7. The first-order valence-electron chi connectivity index (χ1n) is 12.8. The van der Waals surface area contributed by atoms with Crippen LogP contribution in [-0.4, -0.2) is 35.1 Å². The number of hydrogen-bond donors (Lipinski definition) is 2. The van der Waals surface area contributed by atoms with E-state index in [1.807, 2.05) is 72.8 Å². The molecule has 0 radical (unpaired) electrons. The van der Waals surface area contributed by atoms with Gasteiger partial charge in [0.05, 0.1) is 5.92 Å². The fraction of sp³-hybridized carbons (Fsp3) is 0.300. The molecule has 6 heteroatoms. The van der Waals surface area contributed by atoms with E-state index in [1.165, 1.54) is 0 Å². The predicted octanol–water partition coefficient (Wildman–Crippen LogP) is 4.26. The molecular weight excluding hydrogens is 450 g/mol. The quantitative estimate of drug-likeness (QED) is 0.553. The summed E-state index contributed by atoms with van der Waals surface area (Å²) in [6.45, 7) is 2.72. The molecule has 6 nitrogen and oxygen atoms in total. The van der Waals surface area contributed by atoms with E-state index < -0.39 is 16.9 Å². The molecular formula is C30H27N3O3. The maximum Gasteiger partial charge on any atom is 0.251 e. The molecule has 3 aromatic rings. The van der Waals surface area contributed by atoms with Gasteiger partial charge < -0.3 is 10.6 Å². The van der Waals surface area contributed by atoms with Crippen molar-refractivity contribution >= 4 is 29.0 Å². The minimum absolute atomic E-state index is 0.0795. The van der Waals surface area contributed by atoms with Gasteiger partial charge in [-0.25, -0.2) is 0 Å². The molecule has 2 fully saturated rings. The second kappa shape index (κ2) is 7.37. The number of ketones is 1. The Balaban J connectivity index is 1.60. The second-order valence-electron chi connectivity index (χ2n) is 10.3. The van der Waals surface area contributed by atoms with Crippen LogP contribution in [0.25, 0.3) is 0 Å². The average Bonchev–Trinajstić information content (AvgIpc) is 3.62. The smallest absolute Gasteiger partial charge is 0.251 e. The fourth-order valence-corrected chi connectivity index (χ4v) is 7.74. The van der Waals surface area contributed by atoms with E-state index in [0.717, 1.165) is 41.6 Å². The van der Waals surface area contributed by atoms with Crippen molar-refractivity contribution in [3.05, 3.63) is 95.1 Å². The molecule has 0 unspecified atom stereocenters. The number of benzene rings is 3. The minimum Gasteiger partial charge on any atom is -0.325 e. The van der Waals surface area contributed by atoms with E-state index in [0.29, 0.717) is 17.8 Å². The van der Waals surface area contributed by atoms with Crippen LogP contribution >= 0.6 is 0 Å².